The van der Waals surface area contributed by atoms with Gasteiger partial charge in [0.25, 0.3) is 0 Å². The number of nitrogens with two attached hydrogens (primary N) is 1. The standard InChI is InChI=1S/C13H12N4OS/c14-15-13(18)16-17-9-5-1-3-7-11(9)19-12-8-4-2-6-10(12)17/h1-8H,14H2,(H2,15,16,18). The second-order valence-corrected chi connectivity index (χ2v) is 5.04. The third-order valence-corrected chi connectivity index (χ3v) is 3.91. The molecule has 0 aromatic heterocycles. The molecule has 2 amide bonds. The minimum absolute atomic E-state index is 0.462. The highest BCUT2D eigenvalue weighted by Gasteiger charge is 2.23. The second-order valence-electron chi connectivity index (χ2n) is 3.96. The number of urea groups is 1. The molecule has 0 aliphatic carbocycles. The number of carbonyl (C=O) groups is 1. The quantitative estimate of drug-likeness (QED) is 0.423. The maximum Gasteiger partial charge on any atom is 0.348 e. The zero-order chi connectivity index (χ0) is 13.2. The number of anilines is 2. The Morgan fingerprint density at radius 1 is 1.00 bits per heavy atom. The van der Waals surface area contributed by atoms with E-state index in [9.17, 15) is 4.79 Å². The van der Waals surface area contributed by atoms with Crippen molar-refractivity contribution in [3.05, 3.63) is 48.5 Å². The van der Waals surface area contributed by atoms with E-state index in [4.69, 9.17) is 5.84 Å². The van der Waals surface area contributed by atoms with Gasteiger partial charge in [0.2, 0.25) is 0 Å². The molecule has 0 bridgehead atoms. The number of fused-ring (bicyclic) bond motifs is 2. The Balaban J connectivity index is 2.08. The first kappa shape index (κ1) is 11.9. The molecule has 3 rings (SSSR count). The molecule has 2 aromatic carbocycles. The van der Waals surface area contributed by atoms with Crippen LogP contribution in [0.15, 0.2) is 58.3 Å². The molecule has 2 aromatic rings. The molecule has 0 fully saturated rings. The SMILES string of the molecule is NNC(=O)NN1c2ccccc2Sc2ccccc21. The van der Waals surface area contributed by atoms with Gasteiger partial charge in [-0.3, -0.25) is 10.4 Å². The molecule has 4 N–H and O–H groups in total. The molecule has 19 heavy (non-hydrogen) atoms. The fourth-order valence-corrected chi connectivity index (χ4v) is 3.02. The largest absolute Gasteiger partial charge is 0.348 e. The molecule has 1 heterocycles. The van der Waals surface area contributed by atoms with E-state index in [1.807, 2.05) is 48.5 Å². The lowest BCUT2D eigenvalue weighted by molar-refractivity contribution is 0.241. The Bertz CT molecular complexity index is 586. The predicted molar refractivity (Wildman–Crippen MR) is 75.0 cm³/mol. The number of carbonyl (C=O) groups excluding carboxylic acids is 1. The average Bonchev–Trinajstić information content (AvgIpc) is 2.46. The zero-order valence-corrected chi connectivity index (χ0v) is 10.8. The van der Waals surface area contributed by atoms with Gasteiger partial charge in [-0.15, -0.1) is 0 Å². The zero-order valence-electron chi connectivity index (χ0n) is 9.96. The fourth-order valence-electron chi connectivity index (χ4n) is 1.96. The molecule has 5 nitrogen and oxygen atoms in total. The summed E-state index contributed by atoms with van der Waals surface area (Å²) in [6, 6.07) is 15.3. The predicted octanol–water partition coefficient (Wildman–Crippen LogP) is 2.38. The van der Waals surface area contributed by atoms with Gasteiger partial charge in [-0.1, -0.05) is 36.0 Å². The smallest absolute Gasteiger partial charge is 0.275 e. The summed E-state index contributed by atoms with van der Waals surface area (Å²) >= 11 is 1.68. The summed E-state index contributed by atoms with van der Waals surface area (Å²) in [4.78, 5) is 13.7. The minimum atomic E-state index is -0.462. The van der Waals surface area contributed by atoms with Crippen LogP contribution < -0.4 is 21.7 Å². The number of benzene rings is 2. The second kappa shape index (κ2) is 4.83. The van der Waals surface area contributed by atoms with Gasteiger partial charge in [0.05, 0.1) is 11.4 Å². The topological polar surface area (TPSA) is 70.4 Å². The van der Waals surface area contributed by atoms with Crippen LogP contribution in [0.3, 0.4) is 0 Å². The van der Waals surface area contributed by atoms with Gasteiger partial charge in [0.1, 0.15) is 0 Å². The van der Waals surface area contributed by atoms with E-state index in [1.54, 1.807) is 16.8 Å². The highest BCUT2D eigenvalue weighted by Crippen LogP contribution is 2.46. The molecule has 0 spiro atoms. The van der Waals surface area contributed by atoms with Gasteiger partial charge in [-0.05, 0) is 24.3 Å². The Morgan fingerprint density at radius 3 is 2.05 bits per heavy atom. The van der Waals surface area contributed by atoms with Crippen LogP contribution in [-0.4, -0.2) is 6.03 Å². The van der Waals surface area contributed by atoms with E-state index < -0.39 is 6.03 Å². The van der Waals surface area contributed by atoms with Crippen molar-refractivity contribution in [1.82, 2.24) is 10.9 Å². The number of rotatable bonds is 1. The maximum atomic E-state index is 11.5. The van der Waals surface area contributed by atoms with Crippen molar-refractivity contribution in [3.63, 3.8) is 0 Å². The lowest BCUT2D eigenvalue weighted by atomic mass is 10.2. The van der Waals surface area contributed by atoms with Gasteiger partial charge >= 0.3 is 6.03 Å². The van der Waals surface area contributed by atoms with Gasteiger partial charge in [0, 0.05) is 9.79 Å². The van der Waals surface area contributed by atoms with Crippen molar-refractivity contribution in [1.29, 1.82) is 0 Å². The summed E-state index contributed by atoms with van der Waals surface area (Å²) in [6.45, 7) is 0. The minimum Gasteiger partial charge on any atom is -0.275 e. The molecule has 96 valence electrons. The van der Waals surface area contributed by atoms with Crippen molar-refractivity contribution in [2.45, 2.75) is 9.79 Å². The molecule has 6 heteroatoms. The molecule has 0 atom stereocenters. The Labute approximate surface area is 114 Å². The van der Waals surface area contributed by atoms with Crippen LogP contribution in [-0.2, 0) is 0 Å². The number of hydrogen-bond donors (Lipinski definition) is 3. The maximum absolute atomic E-state index is 11.5. The molecule has 1 aliphatic heterocycles. The van der Waals surface area contributed by atoms with Crippen LogP contribution in [0.2, 0.25) is 0 Å². The molecule has 0 saturated heterocycles. The number of nitrogens with zero attached hydrogens (tertiary/aromatic N) is 1. The summed E-state index contributed by atoms with van der Waals surface area (Å²) in [6.07, 6.45) is 0. The first-order valence-electron chi connectivity index (χ1n) is 5.73. The van der Waals surface area contributed by atoms with Crippen LogP contribution in [0.5, 0.6) is 0 Å². The first-order chi connectivity index (χ1) is 9.29. The molecule has 0 radical (unpaired) electrons. The third-order valence-electron chi connectivity index (χ3n) is 2.78. The monoisotopic (exact) mass is 272 g/mol. The Morgan fingerprint density at radius 2 is 1.53 bits per heavy atom. The summed E-state index contributed by atoms with van der Waals surface area (Å²) in [5, 5.41) is 1.74. The summed E-state index contributed by atoms with van der Waals surface area (Å²) < 4.78 is 0. The number of hydrazine groups is 2. The van der Waals surface area contributed by atoms with Gasteiger partial charge in [0.15, 0.2) is 0 Å². The van der Waals surface area contributed by atoms with E-state index in [0.717, 1.165) is 21.2 Å². The van der Waals surface area contributed by atoms with E-state index in [2.05, 4.69) is 10.9 Å². The first-order valence-corrected chi connectivity index (χ1v) is 6.54. The van der Waals surface area contributed by atoms with E-state index >= 15 is 0 Å². The lowest BCUT2D eigenvalue weighted by Gasteiger charge is -2.32. The van der Waals surface area contributed by atoms with E-state index in [0.29, 0.717) is 0 Å². The van der Waals surface area contributed by atoms with Crippen LogP contribution in [0.25, 0.3) is 0 Å². The highest BCUT2D eigenvalue weighted by molar-refractivity contribution is 7.99. The molecule has 0 saturated carbocycles. The van der Waals surface area contributed by atoms with Crippen LogP contribution >= 0.6 is 11.8 Å². The average molecular weight is 272 g/mol. The van der Waals surface area contributed by atoms with Crippen molar-refractivity contribution in [2.24, 2.45) is 5.84 Å². The van der Waals surface area contributed by atoms with Crippen LogP contribution in [0.1, 0.15) is 0 Å². The summed E-state index contributed by atoms with van der Waals surface area (Å²) in [7, 11) is 0. The van der Waals surface area contributed by atoms with Crippen molar-refractivity contribution in [3.8, 4) is 0 Å². The van der Waals surface area contributed by atoms with E-state index in [1.165, 1.54) is 0 Å². The van der Waals surface area contributed by atoms with E-state index in [-0.39, 0.29) is 0 Å². The Hall–Kier alpha value is -2.18. The summed E-state index contributed by atoms with van der Waals surface area (Å²) in [5.41, 5.74) is 6.65. The van der Waals surface area contributed by atoms with Crippen LogP contribution in [0.4, 0.5) is 16.2 Å². The normalized spacial score (nSPS) is 12.4. The third kappa shape index (κ3) is 2.11. The van der Waals surface area contributed by atoms with Gasteiger partial charge in [-0.25, -0.2) is 16.1 Å². The van der Waals surface area contributed by atoms with Crippen LogP contribution in [0, 0.1) is 0 Å². The lowest BCUT2D eigenvalue weighted by Crippen LogP contribution is -2.48. The number of hydrogen-bond acceptors (Lipinski definition) is 4. The van der Waals surface area contributed by atoms with Gasteiger partial charge < -0.3 is 0 Å². The Kier molecular flexibility index (Phi) is 3.02. The fraction of sp³-hybridized carbons (Fsp3) is 0. The number of para-hydroxylation sites is 2. The van der Waals surface area contributed by atoms with Gasteiger partial charge in [-0.2, -0.15) is 0 Å². The molecule has 0 unspecified atom stereocenters. The number of amides is 2. The molecular weight excluding hydrogens is 260 g/mol. The highest BCUT2D eigenvalue weighted by atomic mass is 32.2. The molecule has 1 aliphatic rings. The number of nitrogens with one attached hydrogen (secondary N) is 2. The van der Waals surface area contributed by atoms with Crippen molar-refractivity contribution >= 4 is 29.2 Å². The van der Waals surface area contributed by atoms with Crippen molar-refractivity contribution in [2.75, 3.05) is 5.01 Å². The molecular formula is C13H12N4OS. The van der Waals surface area contributed by atoms with Crippen molar-refractivity contribution < 1.29 is 4.79 Å². The summed E-state index contributed by atoms with van der Waals surface area (Å²) in [5.74, 6) is 5.14.